The highest BCUT2D eigenvalue weighted by atomic mass is 32.1. The molecule has 2 rings (SSSR count). The molecule has 1 aromatic rings. The zero-order valence-electron chi connectivity index (χ0n) is 9.35. The molecule has 0 amide bonds. The van der Waals surface area contributed by atoms with Gasteiger partial charge in [-0.2, -0.15) is 5.26 Å². The first-order chi connectivity index (χ1) is 8.31. The van der Waals surface area contributed by atoms with E-state index < -0.39 is 5.97 Å². The highest BCUT2D eigenvalue weighted by molar-refractivity contribution is 7.12. The van der Waals surface area contributed by atoms with Crippen LogP contribution in [0.15, 0.2) is 11.4 Å². The van der Waals surface area contributed by atoms with Gasteiger partial charge in [-0.3, -0.25) is 0 Å². The Bertz CT molecular complexity index is 429. The fourth-order valence-electron chi connectivity index (χ4n) is 1.78. The highest BCUT2D eigenvalue weighted by Crippen LogP contribution is 2.18. The van der Waals surface area contributed by atoms with Crippen LogP contribution in [0.5, 0.6) is 0 Å². The van der Waals surface area contributed by atoms with Gasteiger partial charge in [0.05, 0.1) is 18.3 Å². The van der Waals surface area contributed by atoms with Gasteiger partial charge in [0.1, 0.15) is 10.9 Å². The molecule has 0 spiro atoms. The van der Waals surface area contributed by atoms with E-state index in [2.05, 4.69) is 0 Å². The Morgan fingerprint density at radius 1 is 1.71 bits per heavy atom. The van der Waals surface area contributed by atoms with Crippen molar-refractivity contribution in [2.75, 3.05) is 13.2 Å². The van der Waals surface area contributed by atoms with E-state index in [-0.39, 0.29) is 6.10 Å². The van der Waals surface area contributed by atoms with Gasteiger partial charge < -0.3 is 9.47 Å². The first-order valence-corrected chi connectivity index (χ1v) is 6.45. The van der Waals surface area contributed by atoms with Gasteiger partial charge in [-0.05, 0) is 24.3 Å². The van der Waals surface area contributed by atoms with Crippen molar-refractivity contribution >= 4 is 17.3 Å². The van der Waals surface area contributed by atoms with Gasteiger partial charge in [-0.1, -0.05) is 0 Å². The summed E-state index contributed by atoms with van der Waals surface area (Å²) in [5.41, 5.74) is 0.386. The van der Waals surface area contributed by atoms with Crippen LogP contribution in [-0.4, -0.2) is 25.3 Å². The van der Waals surface area contributed by atoms with Crippen molar-refractivity contribution in [3.8, 4) is 6.07 Å². The lowest BCUT2D eigenvalue weighted by molar-refractivity contribution is 0.0390. The van der Waals surface area contributed by atoms with Crippen molar-refractivity contribution in [1.29, 1.82) is 5.26 Å². The summed E-state index contributed by atoms with van der Waals surface area (Å²) in [5.74, 6) is -0.408. The van der Waals surface area contributed by atoms with Gasteiger partial charge in [-0.15, -0.1) is 11.3 Å². The number of carbonyl (C=O) groups is 1. The molecule has 0 aliphatic carbocycles. The quantitative estimate of drug-likeness (QED) is 0.771. The van der Waals surface area contributed by atoms with Crippen LogP contribution in [0.2, 0.25) is 0 Å². The van der Waals surface area contributed by atoms with Crippen LogP contribution in [0, 0.1) is 11.3 Å². The second-order valence-electron chi connectivity index (χ2n) is 3.83. The van der Waals surface area contributed by atoms with E-state index in [0.717, 1.165) is 25.9 Å². The maximum Gasteiger partial charge on any atom is 0.349 e. The molecule has 1 aromatic heterocycles. The van der Waals surface area contributed by atoms with Crippen molar-refractivity contribution in [3.05, 3.63) is 21.9 Å². The van der Waals surface area contributed by atoms with E-state index in [0.29, 0.717) is 17.0 Å². The second kappa shape index (κ2) is 5.80. The van der Waals surface area contributed by atoms with Crippen LogP contribution in [0.4, 0.5) is 0 Å². The topological polar surface area (TPSA) is 59.3 Å². The summed E-state index contributed by atoms with van der Waals surface area (Å²) in [5, 5.41) is 10.5. The number of hydrogen-bond acceptors (Lipinski definition) is 5. The maximum absolute atomic E-state index is 11.7. The van der Waals surface area contributed by atoms with E-state index in [4.69, 9.17) is 14.7 Å². The van der Waals surface area contributed by atoms with Gasteiger partial charge >= 0.3 is 5.97 Å². The number of esters is 1. The lowest BCUT2D eigenvalue weighted by Crippen LogP contribution is -2.12. The molecular formula is C12H13NO3S. The molecule has 0 saturated carbocycles. The van der Waals surface area contributed by atoms with Crippen LogP contribution in [0.3, 0.4) is 0 Å². The predicted molar refractivity (Wildman–Crippen MR) is 62.9 cm³/mol. The normalized spacial score (nSPS) is 18.9. The number of ether oxygens (including phenoxy) is 2. The smallest absolute Gasteiger partial charge is 0.349 e. The van der Waals surface area contributed by atoms with Crippen LogP contribution in [0.1, 0.15) is 34.5 Å². The molecule has 2 heterocycles. The minimum absolute atomic E-state index is 0.224. The fraction of sp³-hybridized carbons (Fsp3) is 0.500. The molecule has 0 bridgehead atoms. The van der Waals surface area contributed by atoms with Crippen molar-refractivity contribution in [1.82, 2.24) is 0 Å². The van der Waals surface area contributed by atoms with Crippen LogP contribution in [0.25, 0.3) is 0 Å². The second-order valence-corrected chi connectivity index (χ2v) is 4.75. The zero-order chi connectivity index (χ0) is 12.1. The summed E-state index contributed by atoms with van der Waals surface area (Å²) in [4.78, 5) is 12.0. The molecule has 0 aromatic carbocycles. The molecule has 0 radical (unpaired) electrons. The number of nitrogens with zero attached hydrogens (tertiary/aromatic N) is 1. The van der Waals surface area contributed by atoms with E-state index in [9.17, 15) is 4.79 Å². The molecule has 1 unspecified atom stereocenters. The Labute approximate surface area is 104 Å². The van der Waals surface area contributed by atoms with E-state index in [1.54, 1.807) is 11.4 Å². The number of hydrogen-bond donors (Lipinski definition) is 0. The lowest BCUT2D eigenvalue weighted by Gasteiger charge is -2.09. The molecule has 1 fully saturated rings. The van der Waals surface area contributed by atoms with Crippen molar-refractivity contribution < 1.29 is 14.3 Å². The first-order valence-electron chi connectivity index (χ1n) is 5.57. The summed E-state index contributed by atoms with van der Waals surface area (Å²) in [6, 6.07) is 3.60. The third kappa shape index (κ3) is 3.05. The Morgan fingerprint density at radius 2 is 2.59 bits per heavy atom. The van der Waals surface area contributed by atoms with E-state index >= 15 is 0 Å². The van der Waals surface area contributed by atoms with Gasteiger partial charge in [-0.25, -0.2) is 4.79 Å². The predicted octanol–water partition coefficient (Wildman–Crippen LogP) is 2.35. The zero-order valence-corrected chi connectivity index (χ0v) is 10.2. The maximum atomic E-state index is 11.7. The van der Waals surface area contributed by atoms with E-state index in [1.165, 1.54) is 11.3 Å². The molecular weight excluding hydrogens is 238 g/mol. The molecule has 1 saturated heterocycles. The Morgan fingerprint density at radius 3 is 3.29 bits per heavy atom. The van der Waals surface area contributed by atoms with Crippen LogP contribution < -0.4 is 0 Å². The van der Waals surface area contributed by atoms with Crippen molar-refractivity contribution in [3.63, 3.8) is 0 Å². The third-order valence-electron chi connectivity index (χ3n) is 2.67. The summed E-state index contributed by atoms with van der Waals surface area (Å²) < 4.78 is 10.6. The monoisotopic (exact) mass is 251 g/mol. The Balaban J connectivity index is 1.79. The van der Waals surface area contributed by atoms with Crippen LogP contribution >= 0.6 is 11.3 Å². The number of nitriles is 1. The van der Waals surface area contributed by atoms with Gasteiger partial charge in [0.15, 0.2) is 0 Å². The SMILES string of the molecule is N#Cc1ccsc1C(=O)OCCC1CCCO1. The average molecular weight is 251 g/mol. The van der Waals surface area contributed by atoms with Gasteiger partial charge in [0, 0.05) is 13.0 Å². The first kappa shape index (κ1) is 12.1. The standard InChI is InChI=1S/C12H13NO3S/c13-8-9-4-7-17-11(9)12(14)16-6-3-10-2-1-5-15-10/h4,7,10H,1-3,5-6H2. The minimum atomic E-state index is -0.408. The third-order valence-corrected chi connectivity index (χ3v) is 3.56. The van der Waals surface area contributed by atoms with Crippen molar-refractivity contribution in [2.24, 2.45) is 0 Å². The Hall–Kier alpha value is -1.38. The molecule has 17 heavy (non-hydrogen) atoms. The lowest BCUT2D eigenvalue weighted by atomic mass is 10.2. The molecule has 1 aliphatic heterocycles. The molecule has 4 nitrogen and oxygen atoms in total. The number of thiophene rings is 1. The van der Waals surface area contributed by atoms with Gasteiger partial charge in [0.2, 0.25) is 0 Å². The average Bonchev–Trinajstić information content (AvgIpc) is 2.99. The fourth-order valence-corrected chi connectivity index (χ4v) is 2.51. The van der Waals surface area contributed by atoms with Gasteiger partial charge in [0.25, 0.3) is 0 Å². The van der Waals surface area contributed by atoms with Crippen LogP contribution in [-0.2, 0) is 9.47 Å². The van der Waals surface area contributed by atoms with Crippen molar-refractivity contribution in [2.45, 2.75) is 25.4 Å². The molecule has 90 valence electrons. The Kier molecular flexibility index (Phi) is 4.13. The molecule has 5 heteroatoms. The largest absolute Gasteiger partial charge is 0.461 e. The highest BCUT2D eigenvalue weighted by Gasteiger charge is 2.18. The minimum Gasteiger partial charge on any atom is -0.461 e. The van der Waals surface area contributed by atoms with E-state index in [1.807, 2.05) is 6.07 Å². The molecule has 0 N–H and O–H groups in total. The summed E-state index contributed by atoms with van der Waals surface area (Å²) in [7, 11) is 0. The summed E-state index contributed by atoms with van der Waals surface area (Å²) >= 11 is 1.24. The molecule has 1 atom stereocenters. The summed E-state index contributed by atoms with van der Waals surface area (Å²) in [6.07, 6.45) is 3.09. The molecule has 1 aliphatic rings. The summed E-state index contributed by atoms with van der Waals surface area (Å²) in [6.45, 7) is 1.16. The number of rotatable bonds is 4. The number of carbonyl (C=O) groups excluding carboxylic acids is 1.